The lowest BCUT2D eigenvalue weighted by atomic mass is 9.96. The Labute approximate surface area is 113 Å². The second-order valence-electron chi connectivity index (χ2n) is 5.49. The average Bonchev–Trinajstić information content (AvgIpc) is 2.89. The zero-order chi connectivity index (χ0) is 13.7. The maximum atomic E-state index is 11.7. The lowest BCUT2D eigenvalue weighted by Crippen LogP contribution is -2.46. The maximum Gasteiger partial charge on any atom is 0.323 e. The number of hydrogen-bond acceptors (Lipinski definition) is 3. The van der Waals surface area contributed by atoms with Crippen molar-refractivity contribution in [1.29, 1.82) is 0 Å². The summed E-state index contributed by atoms with van der Waals surface area (Å²) >= 11 is 0. The standard InChI is InChI=1S/C13H23N3O3/c17-12(18)9-14-13(19)16-7-3-11(4-8-16)10-15-5-1-2-6-15/h11H,1-10H2,(H,14,19)(H,17,18). The normalized spacial score (nSPS) is 21.6. The number of nitrogens with one attached hydrogen (secondary N) is 1. The van der Waals surface area contributed by atoms with E-state index in [-0.39, 0.29) is 12.6 Å². The number of nitrogens with zero attached hydrogens (tertiary/aromatic N) is 2. The number of carbonyl (C=O) groups is 2. The highest BCUT2D eigenvalue weighted by molar-refractivity contribution is 5.79. The first-order valence-corrected chi connectivity index (χ1v) is 7.12. The van der Waals surface area contributed by atoms with Crippen molar-refractivity contribution in [2.45, 2.75) is 25.7 Å². The van der Waals surface area contributed by atoms with Crippen LogP contribution in [0.5, 0.6) is 0 Å². The first kappa shape index (κ1) is 14.1. The van der Waals surface area contributed by atoms with E-state index in [4.69, 9.17) is 5.11 Å². The summed E-state index contributed by atoms with van der Waals surface area (Å²) < 4.78 is 0. The van der Waals surface area contributed by atoms with E-state index >= 15 is 0 Å². The summed E-state index contributed by atoms with van der Waals surface area (Å²) in [7, 11) is 0. The fourth-order valence-electron chi connectivity index (χ4n) is 2.91. The van der Waals surface area contributed by atoms with Crippen LogP contribution in [0.4, 0.5) is 4.79 Å². The Balaban J connectivity index is 1.66. The molecule has 2 amide bonds. The van der Waals surface area contributed by atoms with Crippen molar-refractivity contribution in [2.75, 3.05) is 39.3 Å². The van der Waals surface area contributed by atoms with Crippen LogP contribution < -0.4 is 5.32 Å². The topological polar surface area (TPSA) is 72.9 Å². The van der Waals surface area contributed by atoms with E-state index in [0.717, 1.165) is 32.5 Å². The van der Waals surface area contributed by atoms with Crippen molar-refractivity contribution in [3.05, 3.63) is 0 Å². The van der Waals surface area contributed by atoms with Gasteiger partial charge in [-0.1, -0.05) is 0 Å². The summed E-state index contributed by atoms with van der Waals surface area (Å²) in [4.78, 5) is 26.3. The molecule has 6 nitrogen and oxygen atoms in total. The summed E-state index contributed by atoms with van der Waals surface area (Å²) in [5.74, 6) is -0.320. The third-order valence-electron chi connectivity index (χ3n) is 4.01. The molecule has 6 heteroatoms. The SMILES string of the molecule is O=C(O)CNC(=O)N1CCC(CN2CCCC2)CC1. The molecule has 0 aliphatic carbocycles. The highest BCUT2D eigenvalue weighted by atomic mass is 16.4. The molecule has 0 bridgehead atoms. The summed E-state index contributed by atoms with van der Waals surface area (Å²) in [5.41, 5.74) is 0. The molecule has 108 valence electrons. The number of urea groups is 1. The molecule has 0 atom stereocenters. The Morgan fingerprint density at radius 3 is 2.32 bits per heavy atom. The first-order valence-electron chi connectivity index (χ1n) is 7.12. The number of rotatable bonds is 4. The van der Waals surface area contributed by atoms with Crippen molar-refractivity contribution in [3.8, 4) is 0 Å². The molecular formula is C13H23N3O3. The highest BCUT2D eigenvalue weighted by Crippen LogP contribution is 2.20. The molecule has 0 aromatic carbocycles. The van der Waals surface area contributed by atoms with Gasteiger partial charge in [0.05, 0.1) is 0 Å². The minimum absolute atomic E-state index is 0.248. The molecule has 2 heterocycles. The van der Waals surface area contributed by atoms with E-state index in [1.165, 1.54) is 25.9 Å². The smallest absolute Gasteiger partial charge is 0.323 e. The summed E-state index contributed by atoms with van der Waals surface area (Å²) in [6.45, 7) is 4.78. The van der Waals surface area contributed by atoms with Gasteiger partial charge in [-0.15, -0.1) is 0 Å². The maximum absolute atomic E-state index is 11.7. The van der Waals surface area contributed by atoms with Crippen LogP contribution in [0.1, 0.15) is 25.7 Å². The van der Waals surface area contributed by atoms with Crippen LogP contribution in [0.2, 0.25) is 0 Å². The molecule has 2 N–H and O–H groups in total. The largest absolute Gasteiger partial charge is 0.480 e. The fraction of sp³-hybridized carbons (Fsp3) is 0.846. The van der Waals surface area contributed by atoms with Crippen molar-refractivity contribution in [1.82, 2.24) is 15.1 Å². The van der Waals surface area contributed by atoms with Gasteiger partial charge in [-0.25, -0.2) is 4.79 Å². The lowest BCUT2D eigenvalue weighted by Gasteiger charge is -2.33. The molecule has 2 aliphatic rings. The quantitative estimate of drug-likeness (QED) is 0.783. The minimum Gasteiger partial charge on any atom is -0.480 e. The third kappa shape index (κ3) is 4.38. The molecular weight excluding hydrogens is 246 g/mol. The molecule has 0 aromatic heterocycles. The van der Waals surface area contributed by atoms with Gasteiger partial charge in [0, 0.05) is 19.6 Å². The Morgan fingerprint density at radius 1 is 1.11 bits per heavy atom. The van der Waals surface area contributed by atoms with Gasteiger partial charge in [-0.3, -0.25) is 4.79 Å². The second-order valence-corrected chi connectivity index (χ2v) is 5.49. The first-order chi connectivity index (χ1) is 9.15. The van der Waals surface area contributed by atoms with Gasteiger partial charge in [-0.2, -0.15) is 0 Å². The molecule has 2 rings (SSSR count). The molecule has 0 spiro atoms. The van der Waals surface area contributed by atoms with Gasteiger partial charge in [0.25, 0.3) is 0 Å². The van der Waals surface area contributed by atoms with E-state index in [9.17, 15) is 9.59 Å². The van der Waals surface area contributed by atoms with Gasteiger partial charge < -0.3 is 20.2 Å². The zero-order valence-electron chi connectivity index (χ0n) is 11.3. The molecule has 2 fully saturated rings. The van der Waals surface area contributed by atoms with Crippen LogP contribution in [0.15, 0.2) is 0 Å². The van der Waals surface area contributed by atoms with Gasteiger partial charge in [0.1, 0.15) is 6.54 Å². The number of carboxylic acid groups (broad SMARTS) is 1. The van der Waals surface area contributed by atoms with E-state index < -0.39 is 5.97 Å². The number of carboxylic acids is 1. The number of amides is 2. The van der Waals surface area contributed by atoms with Crippen molar-refractivity contribution < 1.29 is 14.7 Å². The van der Waals surface area contributed by atoms with E-state index in [1.54, 1.807) is 4.90 Å². The summed E-state index contributed by atoms with van der Waals surface area (Å²) in [5, 5.41) is 10.9. The molecule has 0 radical (unpaired) electrons. The second kappa shape index (κ2) is 6.75. The number of hydrogen-bond donors (Lipinski definition) is 2. The van der Waals surface area contributed by atoms with Gasteiger partial charge in [0.15, 0.2) is 0 Å². The zero-order valence-corrected chi connectivity index (χ0v) is 11.3. The number of aliphatic carboxylic acids is 1. The van der Waals surface area contributed by atoms with Crippen molar-refractivity contribution in [3.63, 3.8) is 0 Å². The number of carbonyl (C=O) groups excluding carboxylic acids is 1. The number of likely N-dealkylation sites (tertiary alicyclic amines) is 2. The van der Waals surface area contributed by atoms with Crippen LogP contribution in [-0.4, -0.2) is 66.2 Å². The van der Waals surface area contributed by atoms with Crippen LogP contribution in [0, 0.1) is 5.92 Å². The lowest BCUT2D eigenvalue weighted by molar-refractivity contribution is -0.135. The Morgan fingerprint density at radius 2 is 1.74 bits per heavy atom. The molecule has 0 unspecified atom stereocenters. The van der Waals surface area contributed by atoms with Crippen molar-refractivity contribution in [2.24, 2.45) is 5.92 Å². The van der Waals surface area contributed by atoms with E-state index in [0.29, 0.717) is 5.92 Å². The predicted molar refractivity (Wildman–Crippen MR) is 71.0 cm³/mol. The monoisotopic (exact) mass is 269 g/mol. The van der Waals surface area contributed by atoms with Crippen LogP contribution in [0.25, 0.3) is 0 Å². The van der Waals surface area contributed by atoms with Gasteiger partial charge in [0.2, 0.25) is 0 Å². The number of piperidine rings is 1. The molecule has 2 saturated heterocycles. The summed E-state index contributed by atoms with van der Waals surface area (Å²) in [6, 6.07) is -0.248. The fourth-order valence-corrected chi connectivity index (χ4v) is 2.91. The Hall–Kier alpha value is -1.30. The van der Waals surface area contributed by atoms with Crippen LogP contribution in [0.3, 0.4) is 0 Å². The highest BCUT2D eigenvalue weighted by Gasteiger charge is 2.25. The third-order valence-corrected chi connectivity index (χ3v) is 4.01. The molecule has 19 heavy (non-hydrogen) atoms. The Bertz CT molecular complexity index is 321. The average molecular weight is 269 g/mol. The minimum atomic E-state index is -1.00. The summed E-state index contributed by atoms with van der Waals surface area (Å²) in [6.07, 6.45) is 4.68. The van der Waals surface area contributed by atoms with Crippen molar-refractivity contribution >= 4 is 12.0 Å². The van der Waals surface area contributed by atoms with E-state index in [1.807, 2.05) is 0 Å². The molecule has 0 saturated carbocycles. The van der Waals surface area contributed by atoms with Crippen LogP contribution in [-0.2, 0) is 4.79 Å². The van der Waals surface area contributed by atoms with E-state index in [2.05, 4.69) is 10.2 Å². The molecule has 2 aliphatic heterocycles. The van der Waals surface area contributed by atoms with Crippen LogP contribution >= 0.6 is 0 Å². The van der Waals surface area contributed by atoms with Gasteiger partial charge >= 0.3 is 12.0 Å². The predicted octanol–water partition coefficient (Wildman–Crippen LogP) is 0.588. The molecule has 0 aromatic rings. The Kier molecular flexibility index (Phi) is 5.01. The van der Waals surface area contributed by atoms with Gasteiger partial charge in [-0.05, 0) is 44.7 Å².